The normalized spacial score (nSPS) is 20.0. The predicted octanol–water partition coefficient (Wildman–Crippen LogP) is -0.0847. The zero-order valence-corrected chi connectivity index (χ0v) is 17.8. The van der Waals surface area contributed by atoms with E-state index in [4.69, 9.17) is 10.1 Å². The maximum atomic E-state index is 12.5. The lowest BCUT2D eigenvalue weighted by Crippen LogP contribution is -2.68. The lowest BCUT2D eigenvalue weighted by atomic mass is 9.76. The third-order valence-corrected chi connectivity index (χ3v) is 5.66. The Morgan fingerprint density at radius 2 is 1.87 bits per heavy atom. The molecule has 1 fully saturated rings. The van der Waals surface area contributed by atoms with E-state index in [1.54, 1.807) is 0 Å². The number of esters is 1. The Kier molecular flexibility index (Phi) is 7.23. The van der Waals surface area contributed by atoms with E-state index in [0.717, 1.165) is 6.26 Å². The van der Waals surface area contributed by atoms with Gasteiger partial charge in [0.25, 0.3) is 5.69 Å². The Morgan fingerprint density at radius 3 is 2.35 bits per heavy atom. The van der Waals surface area contributed by atoms with Crippen molar-refractivity contribution in [1.29, 1.82) is 5.41 Å². The SMILES string of the molecule is C[C@@H](NS(C)(=O)=O)[C@H]1C(=O)N[C@@H]1[C@@H](C)C(=O)C(=N)C(=O)OCc1ccc([N+](=O)[O-])cc1. The molecule has 4 atom stereocenters. The van der Waals surface area contributed by atoms with Crippen molar-refractivity contribution in [2.24, 2.45) is 11.8 Å². The van der Waals surface area contributed by atoms with E-state index in [1.807, 2.05) is 0 Å². The van der Waals surface area contributed by atoms with Crippen LogP contribution in [-0.4, -0.2) is 55.1 Å². The van der Waals surface area contributed by atoms with Crippen molar-refractivity contribution >= 4 is 39.1 Å². The maximum Gasteiger partial charge on any atom is 0.360 e. The molecule has 0 bridgehead atoms. The van der Waals surface area contributed by atoms with Crippen molar-refractivity contribution in [3.8, 4) is 0 Å². The molecule has 0 spiro atoms. The standard InChI is InChI=1S/C18H22N4O8S/c1-9(15-13(17(24)20-15)10(2)21-31(3,28)29)16(23)14(19)18(25)30-8-11-4-6-12(7-5-11)22(26)27/h4-7,9-10,13,15,19,21H,8H2,1-3H3,(H,20,24)/t9-,10-,13-,15-/m1/s1. The summed E-state index contributed by atoms with van der Waals surface area (Å²) in [4.78, 5) is 46.5. The summed E-state index contributed by atoms with van der Waals surface area (Å²) in [6.07, 6.45) is 0.945. The van der Waals surface area contributed by atoms with Crippen molar-refractivity contribution in [2.75, 3.05) is 6.26 Å². The molecule has 3 N–H and O–H groups in total. The number of nitro groups is 1. The first-order valence-corrected chi connectivity index (χ1v) is 11.0. The predicted molar refractivity (Wildman–Crippen MR) is 108 cm³/mol. The fraction of sp³-hybridized carbons (Fsp3) is 0.444. The first-order valence-electron chi connectivity index (χ1n) is 9.12. The number of nitro benzene ring substituents is 1. The molecule has 0 unspecified atom stereocenters. The van der Waals surface area contributed by atoms with Gasteiger partial charge in [-0.2, -0.15) is 0 Å². The lowest BCUT2D eigenvalue weighted by Gasteiger charge is -2.42. The summed E-state index contributed by atoms with van der Waals surface area (Å²) in [5.41, 5.74) is -0.624. The monoisotopic (exact) mass is 454 g/mol. The Morgan fingerprint density at radius 1 is 1.29 bits per heavy atom. The van der Waals surface area contributed by atoms with Gasteiger partial charge in [-0.25, -0.2) is 17.9 Å². The molecule has 1 heterocycles. The van der Waals surface area contributed by atoms with E-state index in [0.29, 0.717) is 5.56 Å². The molecular weight excluding hydrogens is 432 g/mol. The van der Waals surface area contributed by atoms with Crippen molar-refractivity contribution in [1.82, 2.24) is 10.0 Å². The molecule has 0 aliphatic carbocycles. The van der Waals surface area contributed by atoms with E-state index in [-0.39, 0.29) is 12.3 Å². The minimum absolute atomic E-state index is 0.136. The van der Waals surface area contributed by atoms with Gasteiger partial charge >= 0.3 is 5.97 Å². The van der Waals surface area contributed by atoms with Gasteiger partial charge in [-0.05, 0) is 24.6 Å². The highest BCUT2D eigenvalue weighted by Crippen LogP contribution is 2.27. The van der Waals surface area contributed by atoms with Gasteiger partial charge in [0, 0.05) is 24.1 Å². The highest BCUT2D eigenvalue weighted by Gasteiger charge is 2.48. The van der Waals surface area contributed by atoms with Gasteiger partial charge in [0.15, 0.2) is 11.5 Å². The van der Waals surface area contributed by atoms with Gasteiger partial charge in [0.05, 0.1) is 23.1 Å². The second kappa shape index (κ2) is 9.31. The van der Waals surface area contributed by atoms with E-state index in [2.05, 4.69) is 10.0 Å². The number of β-lactam (4-membered cyclic amide) rings is 1. The molecule has 0 saturated carbocycles. The number of Topliss-reactive ketones (excluding diaryl/α,β-unsaturated/α-hetero) is 1. The summed E-state index contributed by atoms with van der Waals surface area (Å²) in [5.74, 6) is -4.29. The zero-order valence-electron chi connectivity index (χ0n) is 16.9. The number of benzene rings is 1. The first-order chi connectivity index (χ1) is 14.3. The van der Waals surface area contributed by atoms with Crippen molar-refractivity contribution in [2.45, 2.75) is 32.5 Å². The average Bonchev–Trinajstić information content (AvgIpc) is 2.67. The zero-order chi connectivity index (χ0) is 23.5. The molecule has 1 aliphatic rings. The van der Waals surface area contributed by atoms with Crippen LogP contribution < -0.4 is 10.0 Å². The van der Waals surface area contributed by atoms with Crippen LogP contribution in [0, 0.1) is 27.4 Å². The number of hydrogen-bond acceptors (Lipinski definition) is 9. The third kappa shape index (κ3) is 5.92. The number of carbonyl (C=O) groups excluding carboxylic acids is 3. The highest BCUT2D eigenvalue weighted by molar-refractivity contribution is 7.88. The Hall–Kier alpha value is -3.19. The molecule has 1 aromatic carbocycles. The van der Waals surface area contributed by atoms with Gasteiger partial charge in [-0.15, -0.1) is 0 Å². The number of amides is 1. The summed E-state index contributed by atoms with van der Waals surface area (Å²) in [6.45, 7) is 2.61. The van der Waals surface area contributed by atoms with Crippen molar-refractivity contribution in [3.05, 3.63) is 39.9 Å². The molecule has 13 heteroatoms. The van der Waals surface area contributed by atoms with Crippen LogP contribution in [0.15, 0.2) is 24.3 Å². The summed E-state index contributed by atoms with van der Waals surface area (Å²) in [6, 6.07) is 3.67. The van der Waals surface area contributed by atoms with Gasteiger partial charge in [-0.1, -0.05) is 6.92 Å². The van der Waals surface area contributed by atoms with Crippen LogP contribution in [0.5, 0.6) is 0 Å². The quantitative estimate of drug-likeness (QED) is 0.109. The Bertz CT molecular complexity index is 1020. The Labute approximate surface area is 178 Å². The molecule has 12 nitrogen and oxygen atoms in total. The molecule has 2 rings (SSSR count). The molecule has 168 valence electrons. The highest BCUT2D eigenvalue weighted by atomic mass is 32.2. The molecule has 1 aliphatic heterocycles. The van der Waals surface area contributed by atoms with Crippen LogP contribution in [0.2, 0.25) is 0 Å². The minimum atomic E-state index is -3.58. The molecule has 1 saturated heterocycles. The average molecular weight is 454 g/mol. The summed E-state index contributed by atoms with van der Waals surface area (Å²) in [5, 5.41) is 21.0. The van der Waals surface area contributed by atoms with Gasteiger partial charge in [0.2, 0.25) is 15.9 Å². The lowest BCUT2D eigenvalue weighted by molar-refractivity contribution is -0.384. The number of ketones is 1. The fourth-order valence-electron chi connectivity index (χ4n) is 3.23. The van der Waals surface area contributed by atoms with Crippen LogP contribution in [0.3, 0.4) is 0 Å². The van der Waals surface area contributed by atoms with Gasteiger partial charge < -0.3 is 10.1 Å². The number of nitrogens with one attached hydrogen (secondary N) is 3. The number of sulfonamides is 1. The van der Waals surface area contributed by atoms with E-state index in [9.17, 15) is 32.9 Å². The second-order valence-corrected chi connectivity index (χ2v) is 9.05. The first kappa shape index (κ1) is 24.1. The molecule has 0 aromatic heterocycles. The smallest absolute Gasteiger partial charge is 0.360 e. The van der Waals surface area contributed by atoms with E-state index in [1.165, 1.54) is 38.1 Å². The molecule has 1 aromatic rings. The van der Waals surface area contributed by atoms with Crippen LogP contribution in [0.25, 0.3) is 0 Å². The fourth-order valence-corrected chi connectivity index (χ4v) is 4.05. The summed E-state index contributed by atoms with van der Waals surface area (Å²) >= 11 is 0. The maximum absolute atomic E-state index is 12.5. The molecule has 1 amide bonds. The number of hydrogen-bond donors (Lipinski definition) is 3. The van der Waals surface area contributed by atoms with E-state index < -0.39 is 62.2 Å². The van der Waals surface area contributed by atoms with Crippen LogP contribution >= 0.6 is 0 Å². The Balaban J connectivity index is 1.96. The summed E-state index contributed by atoms with van der Waals surface area (Å²) < 4.78 is 30.0. The number of carbonyl (C=O) groups is 3. The number of rotatable bonds is 10. The number of nitrogens with zero attached hydrogens (tertiary/aromatic N) is 1. The second-order valence-electron chi connectivity index (χ2n) is 7.27. The number of non-ortho nitro benzene ring substituents is 1. The van der Waals surface area contributed by atoms with Gasteiger partial charge in [-0.3, -0.25) is 25.1 Å². The molecular formula is C18H22N4O8S. The van der Waals surface area contributed by atoms with Crippen molar-refractivity contribution < 1.29 is 32.5 Å². The third-order valence-electron chi connectivity index (χ3n) is 4.86. The molecule has 31 heavy (non-hydrogen) atoms. The topological polar surface area (TPSA) is 186 Å². The summed E-state index contributed by atoms with van der Waals surface area (Å²) in [7, 11) is -3.58. The van der Waals surface area contributed by atoms with Gasteiger partial charge in [0.1, 0.15) is 6.61 Å². The largest absolute Gasteiger partial charge is 0.456 e. The number of ether oxygens (including phenoxy) is 1. The van der Waals surface area contributed by atoms with E-state index >= 15 is 0 Å². The van der Waals surface area contributed by atoms with Crippen molar-refractivity contribution in [3.63, 3.8) is 0 Å². The minimum Gasteiger partial charge on any atom is -0.456 e. The molecule has 0 radical (unpaired) electrons. The van der Waals surface area contributed by atoms with Crippen LogP contribution in [0.1, 0.15) is 19.4 Å². The van der Waals surface area contributed by atoms with Crippen LogP contribution in [0.4, 0.5) is 5.69 Å². The van der Waals surface area contributed by atoms with Crippen LogP contribution in [-0.2, 0) is 35.8 Å².